The Hall–Kier alpha value is -0.850. The molecule has 0 aliphatic rings. The highest BCUT2D eigenvalue weighted by atomic mass is 32.2. The molecule has 0 saturated heterocycles. The van der Waals surface area contributed by atoms with Crippen LogP contribution in [0.15, 0.2) is 9.31 Å². The van der Waals surface area contributed by atoms with Crippen LogP contribution in [0.4, 0.5) is 0 Å². The standard InChI is InChI=1S/C15H28N2O3S/c1-7-9-16-10-14-12(4)20-13(5)15(14)21(18,19)17(6)11(3)8-2/h11,16H,7-10H2,1-6H3. The van der Waals surface area contributed by atoms with Crippen molar-refractivity contribution in [2.24, 2.45) is 0 Å². The van der Waals surface area contributed by atoms with Gasteiger partial charge in [0, 0.05) is 25.2 Å². The normalized spacial score (nSPS) is 13.9. The molecule has 21 heavy (non-hydrogen) atoms. The Labute approximate surface area is 128 Å². The summed E-state index contributed by atoms with van der Waals surface area (Å²) in [5.74, 6) is 1.14. The van der Waals surface area contributed by atoms with Crippen molar-refractivity contribution in [3.05, 3.63) is 17.1 Å². The molecule has 0 fully saturated rings. The third-order valence-corrected chi connectivity index (χ3v) is 6.07. The number of hydrogen-bond donors (Lipinski definition) is 1. The van der Waals surface area contributed by atoms with Crippen LogP contribution < -0.4 is 5.32 Å². The second-order valence-electron chi connectivity index (χ2n) is 5.48. The summed E-state index contributed by atoms with van der Waals surface area (Å²) in [6.45, 7) is 10.9. The summed E-state index contributed by atoms with van der Waals surface area (Å²) in [7, 11) is -1.89. The molecular formula is C15H28N2O3S. The van der Waals surface area contributed by atoms with E-state index >= 15 is 0 Å². The van der Waals surface area contributed by atoms with Gasteiger partial charge in [0.05, 0.1) is 0 Å². The van der Waals surface area contributed by atoms with Gasteiger partial charge in [0.1, 0.15) is 16.4 Å². The summed E-state index contributed by atoms with van der Waals surface area (Å²) in [6, 6.07) is -0.0407. The van der Waals surface area contributed by atoms with Gasteiger partial charge in [0.2, 0.25) is 10.0 Å². The Morgan fingerprint density at radius 3 is 2.38 bits per heavy atom. The summed E-state index contributed by atoms with van der Waals surface area (Å²) in [6.07, 6.45) is 1.78. The molecule has 6 heteroatoms. The number of rotatable bonds is 8. The second-order valence-corrected chi connectivity index (χ2v) is 7.41. The summed E-state index contributed by atoms with van der Waals surface area (Å²) in [5.41, 5.74) is 0.746. The van der Waals surface area contributed by atoms with Crippen molar-refractivity contribution in [3.63, 3.8) is 0 Å². The fourth-order valence-electron chi connectivity index (χ4n) is 2.28. The van der Waals surface area contributed by atoms with Gasteiger partial charge >= 0.3 is 0 Å². The monoisotopic (exact) mass is 316 g/mol. The van der Waals surface area contributed by atoms with Crippen molar-refractivity contribution >= 4 is 10.0 Å². The average molecular weight is 316 g/mol. The molecule has 0 aromatic carbocycles. The van der Waals surface area contributed by atoms with Crippen molar-refractivity contribution in [1.82, 2.24) is 9.62 Å². The second kappa shape index (κ2) is 7.42. The van der Waals surface area contributed by atoms with Crippen molar-refractivity contribution in [2.45, 2.75) is 64.9 Å². The first kappa shape index (κ1) is 18.2. The molecule has 0 bridgehead atoms. The van der Waals surface area contributed by atoms with Crippen LogP contribution in [-0.4, -0.2) is 32.4 Å². The minimum absolute atomic E-state index is 0.0407. The highest BCUT2D eigenvalue weighted by Crippen LogP contribution is 2.29. The lowest BCUT2D eigenvalue weighted by atomic mass is 10.2. The molecule has 1 N–H and O–H groups in total. The van der Waals surface area contributed by atoms with Gasteiger partial charge in [-0.05, 0) is 40.2 Å². The maximum Gasteiger partial charge on any atom is 0.246 e. The first-order valence-electron chi connectivity index (χ1n) is 7.54. The third kappa shape index (κ3) is 3.87. The molecule has 1 rings (SSSR count). The van der Waals surface area contributed by atoms with Crippen LogP contribution in [0.2, 0.25) is 0 Å². The summed E-state index contributed by atoms with van der Waals surface area (Å²) in [5, 5.41) is 3.26. The molecular weight excluding hydrogens is 288 g/mol. The molecule has 0 amide bonds. The molecule has 0 spiro atoms. The first-order chi connectivity index (χ1) is 9.77. The fourth-order valence-corrected chi connectivity index (χ4v) is 4.12. The van der Waals surface area contributed by atoms with E-state index in [1.54, 1.807) is 14.0 Å². The van der Waals surface area contributed by atoms with E-state index < -0.39 is 10.0 Å². The number of hydrogen-bond acceptors (Lipinski definition) is 4. The third-order valence-electron chi connectivity index (χ3n) is 3.90. The van der Waals surface area contributed by atoms with Gasteiger partial charge < -0.3 is 9.73 Å². The van der Waals surface area contributed by atoms with Crippen LogP contribution in [0.25, 0.3) is 0 Å². The number of nitrogens with one attached hydrogen (secondary N) is 1. The van der Waals surface area contributed by atoms with Crippen LogP contribution in [-0.2, 0) is 16.6 Å². The molecule has 1 atom stereocenters. The van der Waals surface area contributed by atoms with Crippen LogP contribution in [0.5, 0.6) is 0 Å². The van der Waals surface area contributed by atoms with Crippen molar-refractivity contribution in [2.75, 3.05) is 13.6 Å². The molecule has 0 aliphatic heterocycles. The molecule has 1 aromatic heterocycles. The molecule has 0 aliphatic carbocycles. The van der Waals surface area contributed by atoms with Gasteiger partial charge in [-0.1, -0.05) is 13.8 Å². The zero-order valence-corrected chi connectivity index (χ0v) is 14.8. The van der Waals surface area contributed by atoms with Gasteiger partial charge in [-0.2, -0.15) is 4.31 Å². The Balaban J connectivity index is 3.22. The predicted octanol–water partition coefficient (Wildman–Crippen LogP) is 2.82. The minimum atomic E-state index is -3.53. The Morgan fingerprint density at radius 1 is 1.24 bits per heavy atom. The van der Waals surface area contributed by atoms with E-state index in [2.05, 4.69) is 12.2 Å². The van der Waals surface area contributed by atoms with E-state index in [0.717, 1.165) is 24.9 Å². The topological polar surface area (TPSA) is 62.6 Å². The molecule has 0 radical (unpaired) electrons. The maximum atomic E-state index is 12.9. The summed E-state index contributed by atoms with van der Waals surface area (Å²) >= 11 is 0. The van der Waals surface area contributed by atoms with Gasteiger partial charge in [0.25, 0.3) is 0 Å². The van der Waals surface area contributed by atoms with E-state index in [0.29, 0.717) is 23.0 Å². The van der Waals surface area contributed by atoms with Crippen molar-refractivity contribution in [1.29, 1.82) is 0 Å². The Morgan fingerprint density at radius 2 is 1.86 bits per heavy atom. The lowest BCUT2D eigenvalue weighted by Crippen LogP contribution is -2.35. The van der Waals surface area contributed by atoms with E-state index in [9.17, 15) is 8.42 Å². The van der Waals surface area contributed by atoms with Gasteiger partial charge in [-0.25, -0.2) is 8.42 Å². The maximum absolute atomic E-state index is 12.9. The summed E-state index contributed by atoms with van der Waals surface area (Å²) < 4.78 is 32.7. The molecule has 5 nitrogen and oxygen atoms in total. The molecule has 122 valence electrons. The van der Waals surface area contributed by atoms with E-state index in [4.69, 9.17) is 4.42 Å². The zero-order chi connectivity index (χ0) is 16.2. The van der Waals surface area contributed by atoms with Crippen molar-refractivity contribution in [3.8, 4) is 0 Å². The zero-order valence-electron chi connectivity index (χ0n) is 14.0. The smallest absolute Gasteiger partial charge is 0.246 e. The molecule has 1 unspecified atom stereocenters. The molecule has 1 aromatic rings. The lowest BCUT2D eigenvalue weighted by molar-refractivity contribution is 0.379. The Kier molecular flexibility index (Phi) is 6.43. The SMILES string of the molecule is CCCNCc1c(C)oc(C)c1S(=O)(=O)N(C)C(C)CC. The van der Waals surface area contributed by atoms with Gasteiger partial charge in [-0.3, -0.25) is 0 Å². The first-order valence-corrected chi connectivity index (χ1v) is 8.98. The van der Waals surface area contributed by atoms with Crippen LogP contribution in [0.3, 0.4) is 0 Å². The highest BCUT2D eigenvalue weighted by Gasteiger charge is 2.32. The van der Waals surface area contributed by atoms with E-state index in [1.807, 2.05) is 20.8 Å². The quantitative estimate of drug-likeness (QED) is 0.749. The van der Waals surface area contributed by atoms with Crippen LogP contribution in [0.1, 0.15) is 50.7 Å². The number of furan rings is 1. The van der Waals surface area contributed by atoms with E-state index in [-0.39, 0.29) is 6.04 Å². The molecule has 0 saturated carbocycles. The number of nitrogens with zero attached hydrogens (tertiary/aromatic N) is 1. The van der Waals surface area contributed by atoms with Crippen LogP contribution >= 0.6 is 0 Å². The van der Waals surface area contributed by atoms with Gasteiger partial charge in [0.15, 0.2) is 0 Å². The van der Waals surface area contributed by atoms with Crippen LogP contribution in [0, 0.1) is 13.8 Å². The predicted molar refractivity (Wildman–Crippen MR) is 84.9 cm³/mol. The largest absolute Gasteiger partial charge is 0.465 e. The van der Waals surface area contributed by atoms with E-state index in [1.165, 1.54) is 4.31 Å². The fraction of sp³-hybridized carbons (Fsp3) is 0.733. The van der Waals surface area contributed by atoms with Gasteiger partial charge in [-0.15, -0.1) is 0 Å². The number of aryl methyl sites for hydroxylation is 2. The highest BCUT2D eigenvalue weighted by molar-refractivity contribution is 7.89. The average Bonchev–Trinajstić information content (AvgIpc) is 2.72. The molecule has 1 heterocycles. The van der Waals surface area contributed by atoms with Crippen molar-refractivity contribution < 1.29 is 12.8 Å². The summed E-state index contributed by atoms with van der Waals surface area (Å²) in [4.78, 5) is 0.325. The minimum Gasteiger partial charge on any atom is -0.465 e. The Bertz CT molecular complexity index is 564. The lowest BCUT2D eigenvalue weighted by Gasteiger charge is -2.23. The number of sulfonamides is 1.